The fraction of sp³-hybridized carbons (Fsp3) is 0.312. The van der Waals surface area contributed by atoms with E-state index in [0.29, 0.717) is 0 Å². The summed E-state index contributed by atoms with van der Waals surface area (Å²) in [5.41, 5.74) is 3.30. The lowest BCUT2D eigenvalue weighted by atomic mass is 10.0. The lowest BCUT2D eigenvalue weighted by molar-refractivity contribution is 0.0989. The van der Waals surface area contributed by atoms with Crippen LogP contribution in [0.2, 0.25) is 0 Å². The van der Waals surface area contributed by atoms with Crippen molar-refractivity contribution in [3.05, 3.63) is 44.1 Å². The van der Waals surface area contributed by atoms with Gasteiger partial charge in [-0.2, -0.15) is 0 Å². The van der Waals surface area contributed by atoms with Crippen molar-refractivity contribution in [2.45, 2.75) is 19.8 Å². The number of aryl methyl sites for hydroxylation is 2. The molecule has 3 nitrogen and oxygen atoms in total. The SMILES string of the molecule is COc1ccc2c(c1)CCCN2C(=O)c1cc(C)c(Br)s1. The van der Waals surface area contributed by atoms with E-state index in [9.17, 15) is 4.79 Å². The van der Waals surface area contributed by atoms with Crippen LogP contribution in [-0.4, -0.2) is 19.6 Å². The quantitative estimate of drug-likeness (QED) is 0.788. The summed E-state index contributed by atoms with van der Waals surface area (Å²) < 4.78 is 6.30. The molecule has 1 aromatic carbocycles. The molecule has 0 atom stereocenters. The van der Waals surface area contributed by atoms with E-state index in [2.05, 4.69) is 15.9 Å². The number of ether oxygens (including phenoxy) is 1. The predicted molar refractivity (Wildman–Crippen MR) is 89.7 cm³/mol. The average Bonchev–Trinajstić information content (AvgIpc) is 2.84. The number of hydrogen-bond acceptors (Lipinski definition) is 3. The molecule has 2 heterocycles. The van der Waals surface area contributed by atoms with Gasteiger partial charge in [0.1, 0.15) is 5.75 Å². The number of amides is 1. The van der Waals surface area contributed by atoms with Crippen molar-refractivity contribution in [2.75, 3.05) is 18.6 Å². The Balaban J connectivity index is 1.96. The van der Waals surface area contributed by atoms with Crippen molar-refractivity contribution < 1.29 is 9.53 Å². The fourth-order valence-corrected chi connectivity index (χ4v) is 4.09. The number of methoxy groups -OCH3 is 1. The first-order chi connectivity index (χ1) is 10.1. The number of carbonyl (C=O) groups excluding carboxylic acids is 1. The minimum absolute atomic E-state index is 0.0833. The van der Waals surface area contributed by atoms with Gasteiger partial charge in [-0.3, -0.25) is 4.79 Å². The van der Waals surface area contributed by atoms with Crippen molar-refractivity contribution >= 4 is 38.9 Å². The Morgan fingerprint density at radius 1 is 1.38 bits per heavy atom. The third kappa shape index (κ3) is 2.72. The van der Waals surface area contributed by atoms with Crippen LogP contribution < -0.4 is 9.64 Å². The number of anilines is 1. The molecule has 0 unspecified atom stereocenters. The summed E-state index contributed by atoms with van der Waals surface area (Å²) in [7, 11) is 1.67. The van der Waals surface area contributed by atoms with Crippen molar-refractivity contribution in [1.29, 1.82) is 0 Å². The van der Waals surface area contributed by atoms with Crippen LogP contribution in [-0.2, 0) is 6.42 Å². The van der Waals surface area contributed by atoms with Gasteiger partial charge in [0.15, 0.2) is 0 Å². The molecular weight excluding hydrogens is 350 g/mol. The molecule has 3 rings (SSSR count). The van der Waals surface area contributed by atoms with Crippen LogP contribution in [0.5, 0.6) is 5.75 Å². The maximum Gasteiger partial charge on any atom is 0.268 e. The van der Waals surface area contributed by atoms with Crippen LogP contribution in [0.4, 0.5) is 5.69 Å². The monoisotopic (exact) mass is 365 g/mol. The van der Waals surface area contributed by atoms with Crippen LogP contribution >= 0.6 is 27.3 Å². The highest BCUT2D eigenvalue weighted by atomic mass is 79.9. The average molecular weight is 366 g/mol. The molecule has 0 N–H and O–H groups in total. The number of fused-ring (bicyclic) bond motifs is 1. The Labute approximate surface area is 136 Å². The van der Waals surface area contributed by atoms with E-state index in [1.165, 1.54) is 16.9 Å². The molecule has 0 aliphatic carbocycles. The highest BCUT2D eigenvalue weighted by molar-refractivity contribution is 9.11. The van der Waals surface area contributed by atoms with Crippen molar-refractivity contribution in [1.82, 2.24) is 0 Å². The number of halogens is 1. The zero-order valence-electron chi connectivity index (χ0n) is 12.0. The molecule has 1 aromatic heterocycles. The second-order valence-corrected chi connectivity index (χ2v) is 7.49. The number of rotatable bonds is 2. The molecule has 0 saturated carbocycles. The molecule has 1 amide bonds. The maximum absolute atomic E-state index is 12.8. The first-order valence-corrected chi connectivity index (χ1v) is 8.46. The van der Waals surface area contributed by atoms with Crippen LogP contribution in [0.3, 0.4) is 0 Å². The van der Waals surface area contributed by atoms with Gasteiger partial charge in [-0.1, -0.05) is 0 Å². The Bertz CT molecular complexity index is 676. The fourth-order valence-electron chi connectivity index (χ4n) is 2.61. The van der Waals surface area contributed by atoms with Crippen LogP contribution in [0.15, 0.2) is 28.1 Å². The standard InChI is InChI=1S/C16H16BrNO2S/c1-10-8-14(21-15(10)17)16(19)18-7-3-4-11-9-12(20-2)5-6-13(11)18/h5-6,8-9H,3-4,7H2,1-2H3. The highest BCUT2D eigenvalue weighted by Crippen LogP contribution is 2.34. The van der Waals surface area contributed by atoms with E-state index in [-0.39, 0.29) is 5.91 Å². The Kier molecular flexibility index (Phi) is 4.04. The molecule has 110 valence electrons. The third-order valence-corrected chi connectivity index (χ3v) is 5.84. The maximum atomic E-state index is 12.8. The third-order valence-electron chi connectivity index (χ3n) is 3.72. The zero-order chi connectivity index (χ0) is 15.0. The minimum Gasteiger partial charge on any atom is -0.497 e. The second-order valence-electron chi connectivity index (χ2n) is 5.12. The summed E-state index contributed by atoms with van der Waals surface area (Å²) >= 11 is 4.99. The second kappa shape index (κ2) is 5.81. The Morgan fingerprint density at radius 2 is 2.19 bits per heavy atom. The summed E-state index contributed by atoms with van der Waals surface area (Å²) in [6.45, 7) is 2.78. The number of thiophene rings is 1. The summed E-state index contributed by atoms with van der Waals surface area (Å²) in [6, 6.07) is 7.89. The smallest absolute Gasteiger partial charge is 0.268 e. The largest absolute Gasteiger partial charge is 0.497 e. The zero-order valence-corrected chi connectivity index (χ0v) is 14.4. The first kappa shape index (κ1) is 14.6. The van der Waals surface area contributed by atoms with Crippen molar-refractivity contribution in [2.24, 2.45) is 0 Å². The van der Waals surface area contributed by atoms with Gasteiger partial charge in [0, 0.05) is 12.2 Å². The van der Waals surface area contributed by atoms with E-state index < -0.39 is 0 Å². The minimum atomic E-state index is 0.0833. The summed E-state index contributed by atoms with van der Waals surface area (Å²) in [4.78, 5) is 15.4. The van der Waals surface area contributed by atoms with E-state index in [4.69, 9.17) is 4.74 Å². The molecule has 0 spiro atoms. The summed E-state index contributed by atoms with van der Waals surface area (Å²) in [6.07, 6.45) is 1.97. The van der Waals surface area contributed by atoms with Crippen LogP contribution in [0.1, 0.15) is 27.2 Å². The number of nitrogens with zero attached hydrogens (tertiary/aromatic N) is 1. The van der Waals surface area contributed by atoms with Crippen molar-refractivity contribution in [3.8, 4) is 5.75 Å². The van der Waals surface area contributed by atoms with Gasteiger partial charge in [-0.15, -0.1) is 11.3 Å². The number of benzene rings is 1. The van der Waals surface area contributed by atoms with Gasteiger partial charge in [-0.25, -0.2) is 0 Å². The molecule has 0 fully saturated rings. The molecule has 2 aromatic rings. The molecule has 0 radical (unpaired) electrons. The normalized spacial score (nSPS) is 14.0. The predicted octanol–water partition coefficient (Wildman–Crippen LogP) is 4.42. The van der Waals surface area contributed by atoms with Gasteiger partial charge in [0.25, 0.3) is 5.91 Å². The van der Waals surface area contributed by atoms with Crippen molar-refractivity contribution in [3.63, 3.8) is 0 Å². The van der Waals surface area contributed by atoms with Crippen LogP contribution in [0, 0.1) is 6.92 Å². The molecule has 5 heteroatoms. The van der Waals surface area contributed by atoms with Gasteiger partial charge >= 0.3 is 0 Å². The number of hydrogen-bond donors (Lipinski definition) is 0. The molecular formula is C16H16BrNO2S. The van der Waals surface area contributed by atoms with E-state index >= 15 is 0 Å². The Hall–Kier alpha value is -1.33. The Morgan fingerprint density at radius 3 is 2.86 bits per heavy atom. The van der Waals surface area contributed by atoms with E-state index in [1.807, 2.05) is 36.1 Å². The van der Waals surface area contributed by atoms with Gasteiger partial charge in [-0.05, 0) is 71.1 Å². The lowest BCUT2D eigenvalue weighted by Crippen LogP contribution is -2.35. The van der Waals surface area contributed by atoms with Gasteiger partial charge in [0.05, 0.1) is 15.8 Å². The van der Waals surface area contributed by atoms with Crippen LogP contribution in [0.25, 0.3) is 0 Å². The molecule has 1 aliphatic rings. The molecule has 0 bridgehead atoms. The van der Waals surface area contributed by atoms with E-state index in [1.54, 1.807) is 7.11 Å². The summed E-state index contributed by atoms with van der Waals surface area (Å²) in [5, 5.41) is 0. The van der Waals surface area contributed by atoms with Gasteiger partial charge in [0.2, 0.25) is 0 Å². The van der Waals surface area contributed by atoms with E-state index in [0.717, 1.165) is 45.1 Å². The summed E-state index contributed by atoms with van der Waals surface area (Å²) in [5.74, 6) is 0.928. The highest BCUT2D eigenvalue weighted by Gasteiger charge is 2.25. The topological polar surface area (TPSA) is 29.5 Å². The van der Waals surface area contributed by atoms with Gasteiger partial charge < -0.3 is 9.64 Å². The molecule has 1 aliphatic heterocycles. The molecule has 0 saturated heterocycles. The lowest BCUT2D eigenvalue weighted by Gasteiger charge is -2.29. The number of carbonyl (C=O) groups is 1. The molecule has 21 heavy (non-hydrogen) atoms. The first-order valence-electron chi connectivity index (χ1n) is 6.85.